The van der Waals surface area contributed by atoms with E-state index in [1.165, 1.54) is 0 Å². The van der Waals surface area contributed by atoms with Gasteiger partial charge in [-0.2, -0.15) is 0 Å². The first kappa shape index (κ1) is 9.00. The van der Waals surface area contributed by atoms with Gasteiger partial charge in [0.05, 0.1) is 18.8 Å². The van der Waals surface area contributed by atoms with E-state index in [9.17, 15) is 0 Å². The van der Waals surface area contributed by atoms with Crippen molar-refractivity contribution in [3.63, 3.8) is 0 Å². The highest BCUT2D eigenvalue weighted by atomic mass is 35.5. The van der Waals surface area contributed by atoms with Crippen LogP contribution in [-0.4, -0.2) is 6.61 Å². The Morgan fingerprint density at radius 2 is 2.23 bits per heavy atom. The molecule has 2 rings (SSSR count). The van der Waals surface area contributed by atoms with Crippen molar-refractivity contribution in [1.82, 2.24) is 0 Å². The summed E-state index contributed by atoms with van der Waals surface area (Å²) in [6.45, 7) is 2.60. The van der Waals surface area contributed by atoms with E-state index in [4.69, 9.17) is 22.1 Å². The minimum atomic E-state index is -0.0371. The number of hydrogen-bond donors (Lipinski definition) is 1. The van der Waals surface area contributed by atoms with E-state index >= 15 is 0 Å². The van der Waals surface area contributed by atoms with Gasteiger partial charge < -0.3 is 10.5 Å². The van der Waals surface area contributed by atoms with Crippen LogP contribution in [0.5, 0.6) is 0 Å². The molecule has 70 valence electrons. The summed E-state index contributed by atoms with van der Waals surface area (Å²) in [6, 6.07) is 5.75. The van der Waals surface area contributed by atoms with Crippen LogP contribution in [0.3, 0.4) is 0 Å². The molecule has 0 spiro atoms. The fourth-order valence-electron chi connectivity index (χ4n) is 1.66. The third-order valence-electron chi connectivity index (χ3n) is 2.41. The fourth-order valence-corrected chi connectivity index (χ4v) is 1.85. The van der Waals surface area contributed by atoms with Crippen LogP contribution in [-0.2, 0) is 4.74 Å². The van der Waals surface area contributed by atoms with Crippen molar-refractivity contribution in [2.75, 3.05) is 6.61 Å². The zero-order valence-corrected chi connectivity index (χ0v) is 8.21. The van der Waals surface area contributed by atoms with Crippen LogP contribution in [0.15, 0.2) is 18.2 Å². The number of ether oxygens (including phenoxy) is 1. The Balaban J connectivity index is 2.50. The molecule has 0 amide bonds. The van der Waals surface area contributed by atoms with E-state index < -0.39 is 0 Å². The Kier molecular flexibility index (Phi) is 2.28. The highest BCUT2D eigenvalue weighted by molar-refractivity contribution is 6.30. The van der Waals surface area contributed by atoms with Crippen molar-refractivity contribution in [1.29, 1.82) is 0 Å². The molecule has 0 saturated carbocycles. The number of fused-ring (bicyclic) bond motifs is 1. The standard InChI is InChI=1S/C10H12ClNO/c1-6-8-3-2-7(11)4-9(8)10(12)5-13-6/h2-4,6,10H,5,12H2,1H3/t6-,10+/m1/s1. The molecule has 13 heavy (non-hydrogen) atoms. The molecular formula is C10H12ClNO. The maximum atomic E-state index is 5.89. The molecule has 0 fully saturated rings. The van der Waals surface area contributed by atoms with Crippen molar-refractivity contribution >= 4 is 11.6 Å². The largest absolute Gasteiger partial charge is 0.372 e. The van der Waals surface area contributed by atoms with Gasteiger partial charge in [0.1, 0.15) is 0 Å². The summed E-state index contributed by atoms with van der Waals surface area (Å²) in [5.74, 6) is 0. The smallest absolute Gasteiger partial charge is 0.0801 e. The number of benzene rings is 1. The van der Waals surface area contributed by atoms with Crippen molar-refractivity contribution in [2.45, 2.75) is 19.1 Å². The van der Waals surface area contributed by atoms with Crippen molar-refractivity contribution < 1.29 is 4.74 Å². The van der Waals surface area contributed by atoms with Gasteiger partial charge in [0, 0.05) is 5.02 Å². The molecule has 0 saturated heterocycles. The fraction of sp³-hybridized carbons (Fsp3) is 0.400. The lowest BCUT2D eigenvalue weighted by molar-refractivity contribution is 0.0408. The van der Waals surface area contributed by atoms with Crippen molar-refractivity contribution in [3.05, 3.63) is 34.3 Å². The van der Waals surface area contributed by atoms with Gasteiger partial charge in [-0.3, -0.25) is 0 Å². The second-order valence-corrected chi connectivity index (χ2v) is 3.79. The quantitative estimate of drug-likeness (QED) is 0.694. The molecule has 0 bridgehead atoms. The number of rotatable bonds is 0. The molecule has 1 heterocycles. The molecule has 1 aliphatic heterocycles. The zero-order valence-electron chi connectivity index (χ0n) is 7.46. The molecule has 0 unspecified atom stereocenters. The molecule has 0 radical (unpaired) electrons. The first-order valence-electron chi connectivity index (χ1n) is 4.35. The summed E-state index contributed by atoms with van der Waals surface area (Å²) in [5, 5.41) is 0.739. The first-order valence-corrected chi connectivity index (χ1v) is 4.73. The van der Waals surface area contributed by atoms with Gasteiger partial charge >= 0.3 is 0 Å². The zero-order chi connectivity index (χ0) is 9.42. The van der Waals surface area contributed by atoms with Gasteiger partial charge in [-0.25, -0.2) is 0 Å². The molecule has 0 aromatic heterocycles. The van der Waals surface area contributed by atoms with Crippen molar-refractivity contribution in [2.24, 2.45) is 5.73 Å². The van der Waals surface area contributed by atoms with Crippen LogP contribution in [0.25, 0.3) is 0 Å². The molecule has 0 aliphatic carbocycles. The Morgan fingerprint density at radius 1 is 1.46 bits per heavy atom. The Bertz CT molecular complexity index is 327. The van der Waals surface area contributed by atoms with Gasteiger partial charge in [-0.15, -0.1) is 0 Å². The second-order valence-electron chi connectivity index (χ2n) is 3.36. The summed E-state index contributed by atoms with van der Waals surface area (Å²) >= 11 is 5.89. The molecule has 1 aliphatic rings. The van der Waals surface area contributed by atoms with E-state index in [0.29, 0.717) is 6.61 Å². The molecule has 2 atom stereocenters. The summed E-state index contributed by atoms with van der Waals surface area (Å²) < 4.78 is 5.49. The van der Waals surface area contributed by atoms with Crippen LogP contribution in [0, 0.1) is 0 Å². The topological polar surface area (TPSA) is 35.2 Å². The Morgan fingerprint density at radius 3 is 3.00 bits per heavy atom. The van der Waals surface area contributed by atoms with Crippen LogP contribution >= 0.6 is 11.6 Å². The van der Waals surface area contributed by atoms with E-state index in [-0.39, 0.29) is 12.1 Å². The van der Waals surface area contributed by atoms with Gasteiger partial charge in [-0.05, 0) is 30.2 Å². The Labute approximate surface area is 82.6 Å². The van der Waals surface area contributed by atoms with Gasteiger partial charge in [0.2, 0.25) is 0 Å². The monoisotopic (exact) mass is 197 g/mol. The number of halogens is 1. The average Bonchev–Trinajstić information content (AvgIpc) is 2.12. The van der Waals surface area contributed by atoms with Crippen LogP contribution in [0.1, 0.15) is 30.2 Å². The lowest BCUT2D eigenvalue weighted by Crippen LogP contribution is -2.25. The molecule has 1 aromatic carbocycles. The minimum Gasteiger partial charge on any atom is -0.372 e. The second kappa shape index (κ2) is 3.29. The summed E-state index contributed by atoms with van der Waals surface area (Å²) in [6.07, 6.45) is 0.132. The molecule has 2 nitrogen and oxygen atoms in total. The summed E-state index contributed by atoms with van der Waals surface area (Å²) in [5.41, 5.74) is 8.17. The minimum absolute atomic E-state index is 0.0371. The van der Waals surface area contributed by atoms with Crippen molar-refractivity contribution in [3.8, 4) is 0 Å². The van der Waals surface area contributed by atoms with E-state index in [1.807, 2.05) is 25.1 Å². The SMILES string of the molecule is C[C@H]1OC[C@H](N)c2cc(Cl)ccc21. The van der Waals surface area contributed by atoms with Crippen LogP contribution in [0.2, 0.25) is 5.02 Å². The van der Waals surface area contributed by atoms with E-state index in [2.05, 4.69) is 0 Å². The maximum absolute atomic E-state index is 5.89. The predicted molar refractivity (Wildman–Crippen MR) is 52.7 cm³/mol. The van der Waals surface area contributed by atoms with Gasteiger partial charge in [0.25, 0.3) is 0 Å². The predicted octanol–water partition coefficient (Wildman–Crippen LogP) is 2.43. The molecule has 3 heteroatoms. The van der Waals surface area contributed by atoms with E-state index in [0.717, 1.165) is 16.1 Å². The number of hydrogen-bond acceptors (Lipinski definition) is 2. The van der Waals surface area contributed by atoms with E-state index in [1.54, 1.807) is 0 Å². The summed E-state index contributed by atoms with van der Waals surface area (Å²) in [4.78, 5) is 0. The first-order chi connectivity index (χ1) is 6.18. The third kappa shape index (κ3) is 1.57. The highest BCUT2D eigenvalue weighted by Crippen LogP contribution is 2.32. The highest BCUT2D eigenvalue weighted by Gasteiger charge is 2.22. The Hall–Kier alpha value is -0.570. The van der Waals surface area contributed by atoms with Gasteiger partial charge in [0.15, 0.2) is 0 Å². The van der Waals surface area contributed by atoms with Crippen LogP contribution in [0.4, 0.5) is 0 Å². The average molecular weight is 198 g/mol. The van der Waals surface area contributed by atoms with Crippen LogP contribution < -0.4 is 5.73 Å². The maximum Gasteiger partial charge on any atom is 0.0801 e. The van der Waals surface area contributed by atoms with Gasteiger partial charge in [-0.1, -0.05) is 17.7 Å². The molecular weight excluding hydrogens is 186 g/mol. The molecule has 2 N–H and O–H groups in total. The lowest BCUT2D eigenvalue weighted by atomic mass is 9.95. The third-order valence-corrected chi connectivity index (χ3v) is 2.65. The lowest BCUT2D eigenvalue weighted by Gasteiger charge is -2.27. The number of nitrogens with two attached hydrogens (primary N) is 1. The molecule has 1 aromatic rings. The summed E-state index contributed by atoms with van der Waals surface area (Å²) in [7, 11) is 0. The normalized spacial score (nSPS) is 27.0.